The number of benzene rings is 2. The maximum absolute atomic E-state index is 7.78. The summed E-state index contributed by atoms with van der Waals surface area (Å²) in [5.74, 6) is 0. The van der Waals surface area contributed by atoms with E-state index >= 15 is 0 Å². The van der Waals surface area contributed by atoms with Crippen molar-refractivity contribution in [2.24, 2.45) is 0 Å². The second-order valence-corrected chi connectivity index (χ2v) is 8.40. The Labute approximate surface area is 174 Å². The van der Waals surface area contributed by atoms with Crippen LogP contribution in [0.2, 0.25) is 0 Å². The molecule has 2 aromatic carbocycles. The molecule has 1 saturated heterocycles. The molecule has 1 fully saturated rings. The lowest BCUT2D eigenvalue weighted by Gasteiger charge is -2.32. The Morgan fingerprint density at radius 3 is 2.38 bits per heavy atom. The number of hydrogen-bond acceptors (Lipinski definition) is 5. The third kappa shape index (κ3) is 5.27. The van der Waals surface area contributed by atoms with E-state index in [1.807, 2.05) is 64.1 Å². The first-order valence-electron chi connectivity index (χ1n) is 10.2. The first kappa shape index (κ1) is 21.6. The molecule has 0 aliphatic carbocycles. The van der Waals surface area contributed by atoms with E-state index in [2.05, 4.69) is 17.4 Å². The van der Waals surface area contributed by atoms with Crippen LogP contribution >= 0.6 is 0 Å². The molecule has 1 heterocycles. The van der Waals surface area contributed by atoms with E-state index in [1.54, 1.807) is 0 Å². The van der Waals surface area contributed by atoms with Crippen molar-refractivity contribution in [2.45, 2.75) is 51.9 Å². The van der Waals surface area contributed by atoms with Crippen LogP contribution in [0.1, 0.15) is 45.2 Å². The van der Waals surface area contributed by atoms with Gasteiger partial charge in [-0.1, -0.05) is 42.5 Å². The fourth-order valence-electron chi connectivity index (χ4n) is 3.15. The van der Waals surface area contributed by atoms with E-state index in [0.29, 0.717) is 13.2 Å². The van der Waals surface area contributed by atoms with E-state index in [4.69, 9.17) is 19.5 Å². The van der Waals surface area contributed by atoms with Gasteiger partial charge in [0.2, 0.25) is 0 Å². The minimum Gasteiger partial charge on any atom is -0.399 e. The van der Waals surface area contributed by atoms with Gasteiger partial charge in [-0.2, -0.15) is 0 Å². The van der Waals surface area contributed by atoms with Gasteiger partial charge in [-0.3, -0.25) is 0 Å². The monoisotopic (exact) mass is 394 g/mol. The van der Waals surface area contributed by atoms with Crippen molar-refractivity contribution in [3.05, 3.63) is 59.7 Å². The van der Waals surface area contributed by atoms with E-state index < -0.39 is 7.12 Å². The standard InChI is InChI=1S/C23H31BN2O3/c1-22(2)23(3,4)29-24(28-22)20-11-12-21(19(15-20)16-25)26-13-8-14-27-17-18-9-6-5-7-10-18/h5-7,9-12,15-16,25-26H,8,13-14,17H2,1-4H3. The highest BCUT2D eigenvalue weighted by molar-refractivity contribution is 6.62. The van der Waals surface area contributed by atoms with Gasteiger partial charge in [0.05, 0.1) is 17.8 Å². The summed E-state index contributed by atoms with van der Waals surface area (Å²) in [5.41, 5.74) is 3.12. The molecule has 29 heavy (non-hydrogen) atoms. The molecule has 0 spiro atoms. The molecule has 0 bridgehead atoms. The molecule has 0 aromatic heterocycles. The highest BCUT2D eigenvalue weighted by Crippen LogP contribution is 2.36. The second kappa shape index (κ2) is 9.12. The molecular weight excluding hydrogens is 363 g/mol. The first-order valence-corrected chi connectivity index (χ1v) is 10.2. The summed E-state index contributed by atoms with van der Waals surface area (Å²) in [7, 11) is -0.417. The molecule has 0 atom stereocenters. The lowest BCUT2D eigenvalue weighted by atomic mass is 9.78. The molecule has 0 unspecified atom stereocenters. The lowest BCUT2D eigenvalue weighted by Crippen LogP contribution is -2.41. The minimum atomic E-state index is -0.417. The van der Waals surface area contributed by atoms with Crippen LogP contribution < -0.4 is 10.8 Å². The fourth-order valence-corrected chi connectivity index (χ4v) is 3.15. The zero-order valence-corrected chi connectivity index (χ0v) is 17.8. The third-order valence-corrected chi connectivity index (χ3v) is 5.65. The van der Waals surface area contributed by atoms with Gasteiger partial charge in [-0.25, -0.2) is 0 Å². The smallest absolute Gasteiger partial charge is 0.399 e. The molecule has 0 saturated carbocycles. The SMILES string of the molecule is CC1(C)OB(c2ccc(NCCCOCc3ccccc3)c(C=N)c2)OC1(C)C. The number of ether oxygens (including phenoxy) is 1. The predicted octanol–water partition coefficient (Wildman–Crippen LogP) is 4.00. The molecule has 2 aromatic rings. The predicted molar refractivity (Wildman–Crippen MR) is 119 cm³/mol. The van der Waals surface area contributed by atoms with Crippen molar-refractivity contribution < 1.29 is 14.0 Å². The summed E-state index contributed by atoms with van der Waals surface area (Å²) >= 11 is 0. The molecule has 154 valence electrons. The molecule has 5 nitrogen and oxygen atoms in total. The van der Waals surface area contributed by atoms with E-state index in [0.717, 1.165) is 29.7 Å². The van der Waals surface area contributed by atoms with Crippen LogP contribution in [0.25, 0.3) is 0 Å². The van der Waals surface area contributed by atoms with Crippen LogP contribution in [-0.4, -0.2) is 37.7 Å². The quantitative estimate of drug-likeness (QED) is 0.383. The van der Waals surface area contributed by atoms with Gasteiger partial charge >= 0.3 is 7.12 Å². The van der Waals surface area contributed by atoms with Crippen LogP contribution in [0.3, 0.4) is 0 Å². The second-order valence-electron chi connectivity index (χ2n) is 8.40. The maximum Gasteiger partial charge on any atom is 0.494 e. The van der Waals surface area contributed by atoms with Crippen LogP contribution in [0, 0.1) is 5.41 Å². The number of hydrogen-bond donors (Lipinski definition) is 2. The highest BCUT2D eigenvalue weighted by Gasteiger charge is 2.51. The average Bonchev–Trinajstić information content (AvgIpc) is 2.92. The Hall–Kier alpha value is -2.15. The Balaban J connectivity index is 1.50. The summed E-state index contributed by atoms with van der Waals surface area (Å²) in [6, 6.07) is 16.1. The van der Waals surface area contributed by atoms with E-state index in [1.165, 1.54) is 11.8 Å². The highest BCUT2D eigenvalue weighted by atomic mass is 16.7. The molecule has 2 N–H and O–H groups in total. The molecule has 1 aliphatic rings. The van der Waals surface area contributed by atoms with Crippen molar-refractivity contribution in [3.63, 3.8) is 0 Å². The first-order chi connectivity index (χ1) is 13.8. The van der Waals surface area contributed by atoms with Crippen molar-refractivity contribution in [2.75, 3.05) is 18.5 Å². The van der Waals surface area contributed by atoms with Gasteiger partial charge in [0.25, 0.3) is 0 Å². The van der Waals surface area contributed by atoms with Gasteiger partial charge in [0.1, 0.15) is 0 Å². The largest absolute Gasteiger partial charge is 0.494 e. The number of rotatable bonds is 9. The fraction of sp³-hybridized carbons (Fsp3) is 0.435. The zero-order chi connectivity index (χ0) is 20.9. The van der Waals surface area contributed by atoms with E-state index in [9.17, 15) is 0 Å². The van der Waals surface area contributed by atoms with Crippen LogP contribution in [0.4, 0.5) is 5.69 Å². The van der Waals surface area contributed by atoms with Gasteiger partial charge in [-0.15, -0.1) is 0 Å². The molecule has 1 aliphatic heterocycles. The Bertz CT molecular complexity index is 808. The molecule has 3 rings (SSSR count). The van der Waals surface area contributed by atoms with Gasteiger partial charge < -0.3 is 24.8 Å². The Morgan fingerprint density at radius 1 is 1.03 bits per heavy atom. The topological polar surface area (TPSA) is 63.6 Å². The minimum absolute atomic E-state index is 0.376. The van der Waals surface area contributed by atoms with Gasteiger partial charge in [0, 0.05) is 30.6 Å². The summed E-state index contributed by atoms with van der Waals surface area (Å²) in [6.07, 6.45) is 2.26. The summed E-state index contributed by atoms with van der Waals surface area (Å²) in [6.45, 7) is 10.3. The number of nitrogens with one attached hydrogen (secondary N) is 2. The third-order valence-electron chi connectivity index (χ3n) is 5.65. The van der Waals surface area contributed by atoms with Crippen molar-refractivity contribution in [1.82, 2.24) is 0 Å². The normalized spacial score (nSPS) is 17.3. The van der Waals surface area contributed by atoms with Crippen molar-refractivity contribution in [3.8, 4) is 0 Å². The zero-order valence-electron chi connectivity index (χ0n) is 17.8. The van der Waals surface area contributed by atoms with Crippen LogP contribution in [0.5, 0.6) is 0 Å². The van der Waals surface area contributed by atoms with Crippen LogP contribution in [0.15, 0.2) is 48.5 Å². The van der Waals surface area contributed by atoms with E-state index in [-0.39, 0.29) is 11.2 Å². The maximum atomic E-state index is 7.78. The molecular formula is C23H31BN2O3. The molecule has 6 heteroatoms. The van der Waals surface area contributed by atoms with Crippen molar-refractivity contribution in [1.29, 1.82) is 5.41 Å². The van der Waals surface area contributed by atoms with Gasteiger partial charge in [0.15, 0.2) is 0 Å². The lowest BCUT2D eigenvalue weighted by molar-refractivity contribution is 0.00578. The average molecular weight is 394 g/mol. The van der Waals surface area contributed by atoms with Crippen molar-refractivity contribution >= 4 is 24.5 Å². The molecule has 0 amide bonds. The van der Waals surface area contributed by atoms with Crippen LogP contribution in [-0.2, 0) is 20.7 Å². The Morgan fingerprint density at radius 2 is 1.72 bits per heavy atom. The molecule has 0 radical (unpaired) electrons. The van der Waals surface area contributed by atoms with Gasteiger partial charge in [-0.05, 0) is 51.2 Å². The summed E-state index contributed by atoms with van der Waals surface area (Å²) in [5, 5.41) is 11.2. The summed E-state index contributed by atoms with van der Waals surface area (Å²) < 4.78 is 18.0. The Kier molecular flexibility index (Phi) is 6.78. The number of anilines is 1. The summed E-state index contributed by atoms with van der Waals surface area (Å²) in [4.78, 5) is 0.